The number of carbonyl (C=O) groups excluding carboxylic acids is 1. The molecule has 0 aliphatic carbocycles. The Balaban J connectivity index is 2.03. The molecule has 26 heavy (non-hydrogen) atoms. The summed E-state index contributed by atoms with van der Waals surface area (Å²) in [4.78, 5) is 22.4. The predicted molar refractivity (Wildman–Crippen MR) is 102 cm³/mol. The van der Waals surface area contributed by atoms with Gasteiger partial charge in [-0.2, -0.15) is 5.26 Å². The number of nitrogens with zero attached hydrogens (tertiary/aromatic N) is 4. The minimum Gasteiger partial charge on any atom is -0.381 e. The molecule has 7 nitrogen and oxygen atoms in total. The van der Waals surface area contributed by atoms with Crippen molar-refractivity contribution < 1.29 is 4.79 Å². The maximum atomic E-state index is 12.2. The molecule has 0 saturated heterocycles. The molecule has 0 radical (unpaired) electrons. The summed E-state index contributed by atoms with van der Waals surface area (Å²) in [6.45, 7) is 4.58. The molecule has 1 aromatic heterocycles. The highest BCUT2D eigenvalue weighted by Crippen LogP contribution is 2.16. The number of hydrogen-bond donors (Lipinski definition) is 2. The summed E-state index contributed by atoms with van der Waals surface area (Å²) < 4.78 is 0. The molecule has 1 aromatic carbocycles. The van der Waals surface area contributed by atoms with Gasteiger partial charge in [0.1, 0.15) is 6.07 Å². The maximum absolute atomic E-state index is 12.2. The van der Waals surface area contributed by atoms with Crippen molar-refractivity contribution in [2.75, 3.05) is 17.7 Å². The van der Waals surface area contributed by atoms with E-state index in [-0.39, 0.29) is 23.5 Å². The Labute approximate surface area is 153 Å². The third kappa shape index (κ3) is 4.93. The Morgan fingerprint density at radius 3 is 2.69 bits per heavy atom. The molecule has 2 aromatic rings. The summed E-state index contributed by atoms with van der Waals surface area (Å²) in [6, 6.07) is 9.46. The van der Waals surface area contributed by atoms with Crippen LogP contribution in [-0.2, 0) is 6.54 Å². The van der Waals surface area contributed by atoms with Crippen molar-refractivity contribution in [1.29, 1.82) is 5.26 Å². The smallest absolute Gasteiger partial charge is 0.251 e. The first-order valence-corrected chi connectivity index (χ1v) is 8.58. The van der Waals surface area contributed by atoms with Gasteiger partial charge in [-0.05, 0) is 37.6 Å². The second-order valence-electron chi connectivity index (χ2n) is 6.27. The molecule has 1 unspecified atom stereocenters. The monoisotopic (exact) mass is 352 g/mol. The van der Waals surface area contributed by atoms with Crippen LogP contribution in [0.25, 0.3) is 0 Å². The first-order chi connectivity index (χ1) is 12.4. The maximum Gasteiger partial charge on any atom is 0.251 e. The molecule has 0 bridgehead atoms. The summed E-state index contributed by atoms with van der Waals surface area (Å²) >= 11 is 0. The molecule has 0 saturated carbocycles. The molecule has 0 spiro atoms. The van der Waals surface area contributed by atoms with Gasteiger partial charge in [0.05, 0.1) is 18.4 Å². The molecule has 0 fully saturated rings. The topological polar surface area (TPSA) is 108 Å². The average Bonchev–Trinajstić information content (AvgIpc) is 2.63. The van der Waals surface area contributed by atoms with Crippen LogP contribution in [0.5, 0.6) is 0 Å². The van der Waals surface area contributed by atoms with Crippen molar-refractivity contribution in [2.24, 2.45) is 0 Å². The number of anilines is 2. The van der Waals surface area contributed by atoms with Gasteiger partial charge >= 0.3 is 0 Å². The van der Waals surface area contributed by atoms with Gasteiger partial charge in [-0.15, -0.1) is 0 Å². The summed E-state index contributed by atoms with van der Waals surface area (Å²) in [5, 5.41) is 12.0. The fraction of sp³-hybridized carbons (Fsp3) is 0.368. The number of benzene rings is 1. The Kier molecular flexibility index (Phi) is 6.50. The van der Waals surface area contributed by atoms with Crippen LogP contribution < -0.4 is 16.0 Å². The Morgan fingerprint density at radius 2 is 2.08 bits per heavy atom. The lowest BCUT2D eigenvalue weighted by Gasteiger charge is -2.19. The van der Waals surface area contributed by atoms with Crippen molar-refractivity contribution in [2.45, 2.75) is 39.3 Å². The van der Waals surface area contributed by atoms with Gasteiger partial charge in [0.25, 0.3) is 5.91 Å². The number of hydrogen-bond acceptors (Lipinski definition) is 6. The molecular formula is C19H24N6O. The number of aromatic nitrogens is 2. The van der Waals surface area contributed by atoms with Crippen molar-refractivity contribution in [3.63, 3.8) is 0 Å². The normalized spacial score (nSPS) is 11.5. The van der Waals surface area contributed by atoms with E-state index in [1.54, 1.807) is 18.3 Å². The predicted octanol–water partition coefficient (Wildman–Crippen LogP) is 2.49. The first-order valence-electron chi connectivity index (χ1n) is 8.58. The highest BCUT2D eigenvalue weighted by atomic mass is 16.1. The van der Waals surface area contributed by atoms with Gasteiger partial charge in [-0.1, -0.05) is 13.3 Å². The molecular weight excluding hydrogens is 328 g/mol. The standard InChI is InChI=1S/C19H24N6O/c1-4-5-13(2)23-19(26)14-6-8-16(9-7-14)25(3)12-15-11-22-18(21)17(10-20)24-15/h6-9,11,13H,4-5,12H2,1-3H3,(H2,21,22)(H,23,26). The van der Waals surface area contributed by atoms with Crippen LogP contribution in [0.3, 0.4) is 0 Å². The minimum atomic E-state index is -0.0665. The van der Waals surface area contributed by atoms with E-state index in [9.17, 15) is 4.79 Å². The quantitative estimate of drug-likeness (QED) is 0.792. The zero-order valence-electron chi connectivity index (χ0n) is 15.4. The van der Waals surface area contributed by atoms with Gasteiger partial charge < -0.3 is 16.0 Å². The van der Waals surface area contributed by atoms with Crippen LogP contribution in [0.4, 0.5) is 11.5 Å². The number of rotatable bonds is 7. The average molecular weight is 352 g/mol. The van der Waals surface area contributed by atoms with E-state index in [4.69, 9.17) is 11.0 Å². The van der Waals surface area contributed by atoms with Crippen molar-refractivity contribution >= 4 is 17.4 Å². The van der Waals surface area contributed by atoms with Crippen LogP contribution in [-0.4, -0.2) is 29.0 Å². The molecule has 7 heteroatoms. The van der Waals surface area contributed by atoms with Crippen molar-refractivity contribution in [1.82, 2.24) is 15.3 Å². The molecule has 1 amide bonds. The Hall–Kier alpha value is -3.14. The Morgan fingerprint density at radius 1 is 1.38 bits per heavy atom. The number of nitrogens with one attached hydrogen (secondary N) is 1. The lowest BCUT2D eigenvalue weighted by molar-refractivity contribution is 0.0938. The van der Waals surface area contributed by atoms with Gasteiger partial charge in [-0.25, -0.2) is 9.97 Å². The fourth-order valence-corrected chi connectivity index (χ4v) is 2.61. The second kappa shape index (κ2) is 8.81. The zero-order chi connectivity index (χ0) is 19.1. The highest BCUT2D eigenvalue weighted by molar-refractivity contribution is 5.94. The van der Waals surface area contributed by atoms with E-state index in [1.165, 1.54) is 0 Å². The van der Waals surface area contributed by atoms with E-state index in [2.05, 4.69) is 22.2 Å². The van der Waals surface area contributed by atoms with Crippen LogP contribution in [0, 0.1) is 11.3 Å². The summed E-state index contributed by atoms with van der Waals surface area (Å²) in [7, 11) is 1.91. The van der Waals surface area contributed by atoms with Crippen LogP contribution >= 0.6 is 0 Å². The van der Waals surface area contributed by atoms with Gasteiger partial charge in [-0.3, -0.25) is 4.79 Å². The van der Waals surface area contributed by atoms with E-state index in [1.807, 2.05) is 37.1 Å². The number of carbonyl (C=O) groups is 1. The van der Waals surface area contributed by atoms with Crippen molar-refractivity contribution in [3.8, 4) is 6.07 Å². The number of nitrogen functional groups attached to an aromatic ring is 1. The lowest BCUT2D eigenvalue weighted by atomic mass is 10.1. The number of nitrogens with two attached hydrogens (primary N) is 1. The second-order valence-corrected chi connectivity index (χ2v) is 6.27. The number of amides is 1. The van der Waals surface area contributed by atoms with Gasteiger partial charge in [0, 0.05) is 24.3 Å². The third-order valence-corrected chi connectivity index (χ3v) is 4.03. The number of nitriles is 1. The highest BCUT2D eigenvalue weighted by Gasteiger charge is 2.11. The summed E-state index contributed by atoms with van der Waals surface area (Å²) in [5.74, 6) is 0.0646. The van der Waals surface area contributed by atoms with Crippen molar-refractivity contribution in [3.05, 3.63) is 47.4 Å². The lowest BCUT2D eigenvalue weighted by Crippen LogP contribution is -2.32. The van der Waals surface area contributed by atoms with E-state index < -0.39 is 0 Å². The molecule has 1 heterocycles. The molecule has 0 aliphatic heterocycles. The molecule has 2 rings (SSSR count). The van der Waals surface area contributed by atoms with E-state index in [0.29, 0.717) is 17.8 Å². The van der Waals surface area contributed by atoms with Crippen LogP contribution in [0.15, 0.2) is 30.5 Å². The SMILES string of the molecule is CCCC(C)NC(=O)c1ccc(N(C)Cc2cnc(N)c(C#N)n2)cc1. The zero-order valence-corrected chi connectivity index (χ0v) is 15.4. The molecule has 3 N–H and O–H groups in total. The molecule has 136 valence electrons. The minimum absolute atomic E-state index is 0.0665. The molecule has 1 atom stereocenters. The van der Waals surface area contributed by atoms with Crippen LogP contribution in [0.1, 0.15) is 48.4 Å². The van der Waals surface area contributed by atoms with E-state index in [0.717, 1.165) is 18.5 Å². The molecule has 0 aliphatic rings. The fourth-order valence-electron chi connectivity index (χ4n) is 2.61. The van der Waals surface area contributed by atoms with Gasteiger partial charge in [0.2, 0.25) is 0 Å². The third-order valence-electron chi connectivity index (χ3n) is 4.03. The summed E-state index contributed by atoms with van der Waals surface area (Å²) in [6.07, 6.45) is 3.55. The van der Waals surface area contributed by atoms with E-state index >= 15 is 0 Å². The van der Waals surface area contributed by atoms with Crippen LogP contribution in [0.2, 0.25) is 0 Å². The van der Waals surface area contributed by atoms with Gasteiger partial charge in [0.15, 0.2) is 11.5 Å². The largest absolute Gasteiger partial charge is 0.381 e. The Bertz CT molecular complexity index is 797. The summed E-state index contributed by atoms with van der Waals surface area (Å²) in [5.41, 5.74) is 7.93. The first kappa shape index (κ1) is 19.2.